The van der Waals surface area contributed by atoms with Gasteiger partial charge in [0.2, 0.25) is 0 Å². The lowest BCUT2D eigenvalue weighted by molar-refractivity contribution is 0.0208. The van der Waals surface area contributed by atoms with Gasteiger partial charge in [-0.05, 0) is 17.8 Å². The molecule has 1 aliphatic heterocycles. The van der Waals surface area contributed by atoms with Gasteiger partial charge >= 0.3 is 0 Å². The monoisotopic (exact) mass is 150 g/mol. The number of ether oxygens (including phenoxy) is 2. The molecule has 3 aliphatic carbocycles. The van der Waals surface area contributed by atoms with Crippen LogP contribution in [0.3, 0.4) is 0 Å². The molecule has 1 heterocycles. The zero-order valence-corrected chi connectivity index (χ0v) is 6.14. The predicted octanol–water partition coefficient (Wildman–Crippen LogP) is 0.790. The topological polar surface area (TPSA) is 18.5 Å². The molecule has 4 aliphatic rings. The van der Waals surface area contributed by atoms with Gasteiger partial charge in [0.25, 0.3) is 0 Å². The van der Waals surface area contributed by atoms with Crippen molar-refractivity contribution in [2.24, 2.45) is 23.7 Å². The fourth-order valence-electron chi connectivity index (χ4n) is 3.35. The Morgan fingerprint density at radius 2 is 1.73 bits per heavy atom. The molecule has 4 rings (SSSR count). The van der Waals surface area contributed by atoms with Crippen molar-refractivity contribution >= 4 is 0 Å². The van der Waals surface area contributed by atoms with Crippen molar-refractivity contribution in [1.29, 1.82) is 0 Å². The average molecular weight is 150 g/mol. The van der Waals surface area contributed by atoms with Crippen molar-refractivity contribution in [1.82, 2.24) is 0 Å². The first kappa shape index (κ1) is 5.33. The van der Waals surface area contributed by atoms with E-state index < -0.39 is 0 Å². The molecule has 6 atom stereocenters. The number of fused-ring (bicyclic) bond motifs is 4. The molecule has 2 nitrogen and oxygen atoms in total. The lowest BCUT2D eigenvalue weighted by Crippen LogP contribution is -2.25. The SMILES string of the molecule is C1=C[C@H]2[C@@H]3[C@@H]1[C@H]1OCO[C@H]1[C@@H]23. The van der Waals surface area contributed by atoms with E-state index >= 15 is 0 Å². The molecule has 1 saturated heterocycles. The van der Waals surface area contributed by atoms with Gasteiger partial charge in [0.1, 0.15) is 6.79 Å². The van der Waals surface area contributed by atoms with Crippen LogP contribution in [0, 0.1) is 23.7 Å². The molecular formula is C9H10O2. The first-order valence-corrected chi connectivity index (χ1v) is 4.38. The van der Waals surface area contributed by atoms with Gasteiger partial charge < -0.3 is 9.47 Å². The third-order valence-corrected chi connectivity index (χ3v) is 3.80. The highest BCUT2D eigenvalue weighted by atomic mass is 16.7. The Balaban J connectivity index is 1.83. The summed E-state index contributed by atoms with van der Waals surface area (Å²) in [6, 6.07) is 0. The van der Waals surface area contributed by atoms with Crippen LogP contribution in [0.1, 0.15) is 0 Å². The van der Waals surface area contributed by atoms with E-state index in [-0.39, 0.29) is 0 Å². The fraction of sp³-hybridized carbons (Fsp3) is 0.778. The second-order valence-corrected chi connectivity index (χ2v) is 4.07. The van der Waals surface area contributed by atoms with Crippen LogP contribution in [-0.2, 0) is 9.47 Å². The van der Waals surface area contributed by atoms with E-state index in [4.69, 9.17) is 9.47 Å². The molecule has 0 radical (unpaired) electrons. The maximum Gasteiger partial charge on any atom is 0.147 e. The smallest absolute Gasteiger partial charge is 0.147 e. The maximum absolute atomic E-state index is 5.55. The molecule has 3 fully saturated rings. The highest BCUT2D eigenvalue weighted by molar-refractivity contribution is 5.30. The van der Waals surface area contributed by atoms with Crippen LogP contribution in [0.4, 0.5) is 0 Å². The fourth-order valence-corrected chi connectivity index (χ4v) is 3.35. The average Bonchev–Trinajstić information content (AvgIpc) is 2.48. The molecule has 0 aromatic heterocycles. The third-order valence-electron chi connectivity index (χ3n) is 3.80. The standard InChI is InChI=1S/C9H10O2/c1-2-5-6-4(1)7(6)9-8(5)10-3-11-9/h1-2,4-9H,3H2/t4-,5+,6+,7-,8+,9-/m0/s1. The first-order chi connectivity index (χ1) is 5.47. The van der Waals surface area contributed by atoms with Crippen molar-refractivity contribution < 1.29 is 9.47 Å². The molecule has 11 heavy (non-hydrogen) atoms. The summed E-state index contributed by atoms with van der Waals surface area (Å²) in [5, 5.41) is 0. The summed E-state index contributed by atoms with van der Waals surface area (Å²) in [6.07, 6.45) is 5.57. The highest BCUT2D eigenvalue weighted by Gasteiger charge is 2.70. The Labute approximate surface area is 65.2 Å². The Morgan fingerprint density at radius 3 is 2.73 bits per heavy atom. The van der Waals surface area contributed by atoms with E-state index in [2.05, 4.69) is 12.2 Å². The summed E-state index contributed by atoms with van der Waals surface area (Å²) >= 11 is 0. The second kappa shape index (κ2) is 1.41. The van der Waals surface area contributed by atoms with Crippen molar-refractivity contribution in [2.45, 2.75) is 12.2 Å². The lowest BCUT2D eigenvalue weighted by atomic mass is 10.0. The van der Waals surface area contributed by atoms with Crippen molar-refractivity contribution in [3.63, 3.8) is 0 Å². The third kappa shape index (κ3) is 0.422. The van der Waals surface area contributed by atoms with E-state index in [0.29, 0.717) is 24.9 Å². The van der Waals surface area contributed by atoms with Gasteiger partial charge in [-0.3, -0.25) is 0 Å². The minimum Gasteiger partial charge on any atom is -0.349 e. The Bertz CT molecular complexity index is 248. The molecule has 0 amide bonds. The summed E-state index contributed by atoms with van der Waals surface area (Å²) in [6.45, 7) is 0.537. The van der Waals surface area contributed by atoms with Crippen LogP contribution in [0.5, 0.6) is 0 Å². The molecule has 0 aromatic carbocycles. The quantitative estimate of drug-likeness (QED) is 0.475. The van der Waals surface area contributed by atoms with Crippen LogP contribution in [0.15, 0.2) is 12.2 Å². The molecule has 0 bridgehead atoms. The van der Waals surface area contributed by atoms with Crippen molar-refractivity contribution in [3.8, 4) is 0 Å². The Morgan fingerprint density at radius 1 is 0.909 bits per heavy atom. The van der Waals surface area contributed by atoms with Crippen LogP contribution in [0.2, 0.25) is 0 Å². The maximum atomic E-state index is 5.55. The Hall–Kier alpha value is -0.340. The van der Waals surface area contributed by atoms with E-state index in [1.165, 1.54) is 0 Å². The molecular weight excluding hydrogens is 140 g/mol. The molecule has 58 valence electrons. The van der Waals surface area contributed by atoms with Crippen molar-refractivity contribution in [3.05, 3.63) is 12.2 Å². The van der Waals surface area contributed by atoms with Crippen LogP contribution in [0.25, 0.3) is 0 Å². The van der Waals surface area contributed by atoms with Gasteiger partial charge in [-0.15, -0.1) is 0 Å². The molecule has 0 N–H and O–H groups in total. The van der Waals surface area contributed by atoms with Crippen LogP contribution < -0.4 is 0 Å². The largest absolute Gasteiger partial charge is 0.349 e. The Kier molecular flexibility index (Phi) is 0.684. The lowest BCUT2D eigenvalue weighted by Gasteiger charge is -2.14. The summed E-state index contributed by atoms with van der Waals surface area (Å²) < 4.78 is 11.1. The minimum absolute atomic E-state index is 0.417. The van der Waals surface area contributed by atoms with Gasteiger partial charge in [0.15, 0.2) is 0 Å². The molecule has 2 heteroatoms. The van der Waals surface area contributed by atoms with Gasteiger partial charge in [0, 0.05) is 5.92 Å². The summed E-state index contributed by atoms with van der Waals surface area (Å²) in [5.41, 5.74) is 0. The van der Waals surface area contributed by atoms with Crippen molar-refractivity contribution in [2.75, 3.05) is 6.79 Å². The van der Waals surface area contributed by atoms with Gasteiger partial charge in [-0.1, -0.05) is 12.2 Å². The summed E-state index contributed by atoms with van der Waals surface area (Å²) in [7, 11) is 0. The van der Waals surface area contributed by atoms with E-state index in [1.54, 1.807) is 0 Å². The normalized spacial score (nSPS) is 68.4. The molecule has 0 aromatic rings. The zero-order valence-electron chi connectivity index (χ0n) is 6.14. The highest BCUT2D eigenvalue weighted by Crippen LogP contribution is 2.67. The first-order valence-electron chi connectivity index (χ1n) is 4.38. The summed E-state index contributed by atoms with van der Waals surface area (Å²) in [4.78, 5) is 0. The van der Waals surface area contributed by atoms with Crippen LogP contribution in [-0.4, -0.2) is 19.0 Å². The molecule has 0 spiro atoms. The van der Waals surface area contributed by atoms with E-state index in [0.717, 1.165) is 17.8 Å². The zero-order chi connectivity index (χ0) is 7.00. The van der Waals surface area contributed by atoms with Gasteiger partial charge in [-0.2, -0.15) is 0 Å². The van der Waals surface area contributed by atoms with Crippen LogP contribution >= 0.6 is 0 Å². The second-order valence-electron chi connectivity index (χ2n) is 4.07. The van der Waals surface area contributed by atoms with Gasteiger partial charge in [0.05, 0.1) is 12.2 Å². The molecule has 2 saturated carbocycles. The van der Waals surface area contributed by atoms with E-state index in [9.17, 15) is 0 Å². The van der Waals surface area contributed by atoms with E-state index in [1.807, 2.05) is 0 Å². The number of allylic oxidation sites excluding steroid dienone is 1. The summed E-state index contributed by atoms with van der Waals surface area (Å²) in [5.74, 6) is 3.31. The minimum atomic E-state index is 0.417. The molecule has 0 unspecified atom stereocenters. The predicted molar refractivity (Wildman–Crippen MR) is 37.7 cm³/mol. The number of hydrogen-bond acceptors (Lipinski definition) is 2. The number of rotatable bonds is 0. The number of hydrogen-bond donors (Lipinski definition) is 0. The van der Waals surface area contributed by atoms with Gasteiger partial charge in [-0.25, -0.2) is 0 Å².